The molecule has 0 bridgehead atoms. The van der Waals surface area contributed by atoms with Crippen molar-refractivity contribution in [2.45, 2.75) is 0 Å². The van der Waals surface area contributed by atoms with Crippen LogP contribution in [0.25, 0.3) is 0 Å². The fourth-order valence-electron chi connectivity index (χ4n) is 0.853. The van der Waals surface area contributed by atoms with E-state index in [1.807, 2.05) is 30.3 Å². The van der Waals surface area contributed by atoms with Gasteiger partial charge in [0, 0.05) is 5.69 Å². The molecule has 4 nitrogen and oxygen atoms in total. The summed E-state index contributed by atoms with van der Waals surface area (Å²) in [6.45, 7) is 0. The fourth-order valence-corrected chi connectivity index (χ4v) is 0.853. The van der Waals surface area contributed by atoms with Crippen LogP contribution in [0.5, 0.6) is 0 Å². The van der Waals surface area contributed by atoms with Crippen LogP contribution in [0.2, 0.25) is 0 Å². The van der Waals surface area contributed by atoms with E-state index in [0.29, 0.717) is 0 Å². The normalized spacial score (nSPS) is 8.80. The molecule has 1 heterocycles. The van der Waals surface area contributed by atoms with Crippen molar-refractivity contribution < 1.29 is 14.3 Å². The van der Waals surface area contributed by atoms with Crippen molar-refractivity contribution in [2.24, 2.45) is 0 Å². The first kappa shape index (κ1) is 10.8. The number of para-hydroxylation sites is 1. The first-order valence-electron chi connectivity index (χ1n) is 4.27. The van der Waals surface area contributed by atoms with Crippen molar-refractivity contribution in [3.05, 3.63) is 54.5 Å². The Morgan fingerprint density at radius 3 is 2.07 bits per heavy atom. The number of carboxylic acids is 1. The Morgan fingerprint density at radius 2 is 1.80 bits per heavy atom. The van der Waals surface area contributed by atoms with E-state index in [1.54, 1.807) is 0 Å². The molecule has 4 heteroatoms. The maximum absolute atomic E-state index is 9.97. The number of carboxylic acid groups (broad SMARTS) is 1. The number of nitrogens with two attached hydrogens (primary N) is 1. The van der Waals surface area contributed by atoms with Crippen LogP contribution in [-0.4, -0.2) is 11.1 Å². The van der Waals surface area contributed by atoms with E-state index in [-0.39, 0.29) is 5.76 Å². The van der Waals surface area contributed by atoms with Crippen LogP contribution in [0, 0.1) is 0 Å². The summed E-state index contributed by atoms with van der Waals surface area (Å²) >= 11 is 0. The molecule has 0 aliphatic rings. The number of nitrogen functional groups attached to an aromatic ring is 1. The van der Waals surface area contributed by atoms with E-state index >= 15 is 0 Å². The highest BCUT2D eigenvalue weighted by Crippen LogP contribution is 1.97. The first-order chi connectivity index (χ1) is 7.20. The van der Waals surface area contributed by atoms with Gasteiger partial charge in [0.05, 0.1) is 6.26 Å². The summed E-state index contributed by atoms with van der Waals surface area (Å²) in [5, 5.41) is 8.18. The molecule has 78 valence electrons. The minimum absolute atomic E-state index is 0.0231. The summed E-state index contributed by atoms with van der Waals surface area (Å²) in [4.78, 5) is 9.97. The molecule has 2 rings (SSSR count). The second-order valence-corrected chi connectivity index (χ2v) is 2.69. The predicted octanol–water partition coefficient (Wildman–Crippen LogP) is 2.25. The quantitative estimate of drug-likeness (QED) is 0.700. The zero-order chi connectivity index (χ0) is 11.1. The SMILES string of the molecule is Nc1ccccc1.O=C(O)c1ccco1. The van der Waals surface area contributed by atoms with Crippen molar-refractivity contribution in [1.82, 2.24) is 0 Å². The highest BCUT2D eigenvalue weighted by Gasteiger charge is 2.01. The second kappa shape index (κ2) is 5.49. The van der Waals surface area contributed by atoms with E-state index in [9.17, 15) is 4.79 Å². The van der Waals surface area contributed by atoms with Crippen LogP contribution in [-0.2, 0) is 0 Å². The molecular formula is C11H11NO3. The number of aromatic carboxylic acids is 1. The van der Waals surface area contributed by atoms with Gasteiger partial charge in [-0.05, 0) is 24.3 Å². The summed E-state index contributed by atoms with van der Waals surface area (Å²) in [7, 11) is 0. The number of rotatable bonds is 1. The minimum Gasteiger partial charge on any atom is -0.475 e. The second-order valence-electron chi connectivity index (χ2n) is 2.69. The van der Waals surface area contributed by atoms with Gasteiger partial charge in [-0.2, -0.15) is 0 Å². The van der Waals surface area contributed by atoms with Crippen molar-refractivity contribution >= 4 is 11.7 Å². The van der Waals surface area contributed by atoms with E-state index in [4.69, 9.17) is 10.8 Å². The Labute approximate surface area is 86.9 Å². The predicted molar refractivity (Wildman–Crippen MR) is 56.5 cm³/mol. The molecule has 0 spiro atoms. The summed E-state index contributed by atoms with van der Waals surface area (Å²) in [6, 6.07) is 12.4. The summed E-state index contributed by atoms with van der Waals surface area (Å²) < 4.78 is 4.50. The molecule has 0 fully saturated rings. The lowest BCUT2D eigenvalue weighted by atomic mass is 10.3. The lowest BCUT2D eigenvalue weighted by Gasteiger charge is -1.83. The highest BCUT2D eigenvalue weighted by molar-refractivity contribution is 5.84. The third kappa shape index (κ3) is 3.99. The molecule has 0 atom stereocenters. The number of hydrogen-bond acceptors (Lipinski definition) is 3. The summed E-state index contributed by atoms with van der Waals surface area (Å²) in [5.41, 5.74) is 6.18. The van der Waals surface area contributed by atoms with Crippen LogP contribution < -0.4 is 5.73 Å². The fraction of sp³-hybridized carbons (Fsp3) is 0. The average Bonchev–Trinajstić information content (AvgIpc) is 2.72. The largest absolute Gasteiger partial charge is 0.475 e. The van der Waals surface area contributed by atoms with Gasteiger partial charge < -0.3 is 15.3 Å². The third-order valence-corrected chi connectivity index (χ3v) is 1.53. The molecule has 1 aromatic heterocycles. The van der Waals surface area contributed by atoms with Crippen molar-refractivity contribution in [3.63, 3.8) is 0 Å². The van der Waals surface area contributed by atoms with Crippen molar-refractivity contribution in [1.29, 1.82) is 0 Å². The molecule has 0 aliphatic heterocycles. The van der Waals surface area contributed by atoms with E-state index in [2.05, 4.69) is 4.42 Å². The Kier molecular flexibility index (Phi) is 3.97. The van der Waals surface area contributed by atoms with Gasteiger partial charge in [0.25, 0.3) is 0 Å². The molecule has 15 heavy (non-hydrogen) atoms. The maximum atomic E-state index is 9.97. The van der Waals surface area contributed by atoms with Crippen LogP contribution >= 0.6 is 0 Å². The standard InChI is InChI=1S/C6H7N.C5H4O3/c7-6-4-2-1-3-5-6;6-5(7)4-2-1-3-8-4/h1-5H,7H2;1-3H,(H,6,7). The Balaban J connectivity index is 0.000000151. The maximum Gasteiger partial charge on any atom is 0.371 e. The topological polar surface area (TPSA) is 76.5 Å². The molecule has 1 aromatic carbocycles. The molecule has 3 N–H and O–H groups in total. The van der Waals surface area contributed by atoms with E-state index < -0.39 is 5.97 Å². The van der Waals surface area contributed by atoms with E-state index in [1.165, 1.54) is 18.4 Å². The summed E-state index contributed by atoms with van der Waals surface area (Å²) in [6.07, 6.45) is 1.32. The molecule has 0 aliphatic carbocycles. The lowest BCUT2D eigenvalue weighted by Crippen LogP contribution is -1.90. The third-order valence-electron chi connectivity index (χ3n) is 1.53. The zero-order valence-corrected chi connectivity index (χ0v) is 7.96. The number of anilines is 1. The first-order valence-corrected chi connectivity index (χ1v) is 4.27. The van der Waals surface area contributed by atoms with Gasteiger partial charge in [0.1, 0.15) is 0 Å². The zero-order valence-electron chi connectivity index (χ0n) is 7.96. The molecule has 0 saturated carbocycles. The van der Waals surface area contributed by atoms with Crippen LogP contribution in [0.15, 0.2) is 53.1 Å². The summed E-state index contributed by atoms with van der Waals surface area (Å²) in [5.74, 6) is -1.06. The molecule has 0 amide bonds. The van der Waals surface area contributed by atoms with E-state index in [0.717, 1.165) is 5.69 Å². The Morgan fingerprint density at radius 1 is 1.13 bits per heavy atom. The number of furan rings is 1. The molecule has 0 saturated heterocycles. The number of hydrogen-bond donors (Lipinski definition) is 2. The molecular weight excluding hydrogens is 194 g/mol. The minimum atomic E-state index is -1.03. The molecule has 0 unspecified atom stereocenters. The van der Waals surface area contributed by atoms with Gasteiger partial charge in [0.2, 0.25) is 5.76 Å². The van der Waals surface area contributed by atoms with Gasteiger partial charge in [-0.3, -0.25) is 0 Å². The van der Waals surface area contributed by atoms with Gasteiger partial charge in [-0.25, -0.2) is 4.79 Å². The lowest BCUT2D eigenvalue weighted by molar-refractivity contribution is 0.0662. The van der Waals surface area contributed by atoms with Gasteiger partial charge in [-0.1, -0.05) is 18.2 Å². The molecule has 0 radical (unpaired) electrons. The Hall–Kier alpha value is -2.23. The highest BCUT2D eigenvalue weighted by atomic mass is 16.4. The van der Waals surface area contributed by atoms with Crippen LogP contribution in [0.3, 0.4) is 0 Å². The van der Waals surface area contributed by atoms with Gasteiger partial charge >= 0.3 is 5.97 Å². The molecule has 2 aromatic rings. The average molecular weight is 205 g/mol. The van der Waals surface area contributed by atoms with Crippen LogP contribution in [0.1, 0.15) is 10.6 Å². The van der Waals surface area contributed by atoms with Gasteiger partial charge in [-0.15, -0.1) is 0 Å². The monoisotopic (exact) mass is 205 g/mol. The number of carbonyl (C=O) groups is 1. The van der Waals surface area contributed by atoms with Crippen LogP contribution in [0.4, 0.5) is 5.69 Å². The Bertz CT molecular complexity index is 395. The van der Waals surface area contributed by atoms with Crippen molar-refractivity contribution in [2.75, 3.05) is 5.73 Å². The smallest absolute Gasteiger partial charge is 0.371 e. The number of benzene rings is 1. The van der Waals surface area contributed by atoms with Crippen molar-refractivity contribution in [3.8, 4) is 0 Å². The van der Waals surface area contributed by atoms with Gasteiger partial charge in [0.15, 0.2) is 0 Å².